The third-order valence-corrected chi connectivity index (χ3v) is 6.80. The van der Waals surface area contributed by atoms with Gasteiger partial charge in [-0.05, 0) is 67.8 Å². The molecule has 1 heterocycles. The van der Waals surface area contributed by atoms with Crippen molar-refractivity contribution in [2.75, 3.05) is 27.4 Å². The Morgan fingerprint density at radius 1 is 0.791 bits per heavy atom. The average molecular weight is 582 g/mol. The van der Waals surface area contributed by atoms with Gasteiger partial charge in [0.2, 0.25) is 0 Å². The number of esters is 1. The smallest absolute Gasteiger partial charge is 0.333 e. The van der Waals surface area contributed by atoms with Crippen molar-refractivity contribution in [1.29, 1.82) is 0 Å². The number of hydrogen-bond acceptors (Lipinski definition) is 6. The molecule has 0 amide bonds. The minimum atomic E-state index is -0.293. The Morgan fingerprint density at radius 3 is 2.05 bits per heavy atom. The molecular formula is C37H43NO5. The number of ether oxygens (including phenoxy) is 4. The molecule has 0 fully saturated rings. The number of methoxy groups -OCH3 is 2. The molecule has 0 saturated carbocycles. The van der Waals surface area contributed by atoms with Gasteiger partial charge in [0.1, 0.15) is 17.2 Å². The van der Waals surface area contributed by atoms with Crippen molar-refractivity contribution < 1.29 is 23.7 Å². The fraction of sp³-hybridized carbons (Fsp3) is 0.351. The molecule has 226 valence electrons. The van der Waals surface area contributed by atoms with Gasteiger partial charge in [-0.15, -0.1) is 0 Å². The van der Waals surface area contributed by atoms with Crippen LogP contribution in [0.3, 0.4) is 0 Å². The maximum Gasteiger partial charge on any atom is 0.333 e. The zero-order valence-corrected chi connectivity index (χ0v) is 25.7. The molecule has 0 aliphatic rings. The van der Waals surface area contributed by atoms with Crippen molar-refractivity contribution in [1.82, 2.24) is 4.98 Å². The van der Waals surface area contributed by atoms with Crippen molar-refractivity contribution in [3.63, 3.8) is 0 Å². The van der Waals surface area contributed by atoms with Crippen molar-refractivity contribution in [2.45, 2.75) is 58.3 Å². The van der Waals surface area contributed by atoms with E-state index in [1.165, 1.54) is 25.7 Å². The summed E-state index contributed by atoms with van der Waals surface area (Å²) in [6.45, 7) is 6.45. The highest BCUT2D eigenvalue weighted by Gasteiger charge is 2.08. The van der Waals surface area contributed by atoms with Crippen LogP contribution in [0.25, 0.3) is 12.2 Å². The summed E-state index contributed by atoms with van der Waals surface area (Å²) in [6, 6.07) is 15.6. The third kappa shape index (κ3) is 12.1. The Hall–Kier alpha value is -4.50. The first-order valence-corrected chi connectivity index (χ1v) is 14.9. The van der Waals surface area contributed by atoms with Gasteiger partial charge in [-0.25, -0.2) is 4.79 Å². The summed E-state index contributed by atoms with van der Waals surface area (Å²) < 4.78 is 22.3. The zero-order valence-electron chi connectivity index (χ0n) is 25.7. The van der Waals surface area contributed by atoms with Crippen LogP contribution >= 0.6 is 0 Å². The molecule has 43 heavy (non-hydrogen) atoms. The number of aromatic nitrogens is 1. The van der Waals surface area contributed by atoms with Crippen LogP contribution < -0.4 is 14.2 Å². The fourth-order valence-electron chi connectivity index (χ4n) is 4.33. The second-order valence-electron chi connectivity index (χ2n) is 10.3. The van der Waals surface area contributed by atoms with Gasteiger partial charge < -0.3 is 18.9 Å². The molecule has 0 saturated heterocycles. The second kappa shape index (κ2) is 18.8. The van der Waals surface area contributed by atoms with Crippen molar-refractivity contribution in [2.24, 2.45) is 0 Å². The van der Waals surface area contributed by atoms with Gasteiger partial charge in [-0.2, -0.15) is 0 Å². The second-order valence-corrected chi connectivity index (χ2v) is 10.3. The van der Waals surface area contributed by atoms with E-state index in [0.29, 0.717) is 24.5 Å². The van der Waals surface area contributed by atoms with Gasteiger partial charge in [0.25, 0.3) is 0 Å². The van der Waals surface area contributed by atoms with E-state index in [-0.39, 0.29) is 5.97 Å². The number of hydrogen-bond donors (Lipinski definition) is 0. The third-order valence-electron chi connectivity index (χ3n) is 6.80. The summed E-state index contributed by atoms with van der Waals surface area (Å²) in [5.74, 6) is 8.41. The average Bonchev–Trinajstić information content (AvgIpc) is 3.03. The summed E-state index contributed by atoms with van der Waals surface area (Å²) in [5.41, 5.74) is 4.05. The summed E-state index contributed by atoms with van der Waals surface area (Å²) in [4.78, 5) is 15.4. The number of carbonyl (C=O) groups excluding carboxylic acids is 1. The number of unbranched alkanes of at least 4 members (excludes halogenated alkanes) is 7. The lowest BCUT2D eigenvalue weighted by molar-refractivity contribution is -0.139. The first-order valence-electron chi connectivity index (χ1n) is 14.9. The number of benzene rings is 2. The normalized spacial score (nSPS) is 10.6. The lowest BCUT2D eigenvalue weighted by atomic mass is 10.1. The van der Waals surface area contributed by atoms with Crippen molar-refractivity contribution >= 4 is 18.1 Å². The van der Waals surface area contributed by atoms with Crippen LogP contribution in [0.1, 0.15) is 80.5 Å². The van der Waals surface area contributed by atoms with Gasteiger partial charge >= 0.3 is 5.97 Å². The van der Waals surface area contributed by atoms with Crippen molar-refractivity contribution in [3.05, 3.63) is 95.3 Å². The van der Waals surface area contributed by atoms with Crippen molar-refractivity contribution in [3.8, 4) is 29.1 Å². The quantitative estimate of drug-likeness (QED) is 0.0692. The summed E-state index contributed by atoms with van der Waals surface area (Å²) >= 11 is 0. The lowest BCUT2D eigenvalue weighted by Gasteiger charge is -2.10. The molecule has 3 rings (SSSR count). The van der Waals surface area contributed by atoms with Crippen LogP contribution in [-0.2, 0) is 9.53 Å². The Labute approximate surface area is 256 Å². The monoisotopic (exact) mass is 581 g/mol. The highest BCUT2D eigenvalue weighted by atomic mass is 16.5. The van der Waals surface area contributed by atoms with E-state index in [1.807, 2.05) is 60.7 Å². The minimum absolute atomic E-state index is 0.293. The van der Waals surface area contributed by atoms with E-state index in [9.17, 15) is 4.79 Å². The predicted molar refractivity (Wildman–Crippen MR) is 173 cm³/mol. The maximum absolute atomic E-state index is 11.3. The van der Waals surface area contributed by atoms with E-state index in [0.717, 1.165) is 59.4 Å². The molecule has 0 aliphatic carbocycles. The van der Waals surface area contributed by atoms with Crippen LogP contribution in [-0.4, -0.2) is 38.4 Å². The Morgan fingerprint density at radius 2 is 1.42 bits per heavy atom. The van der Waals surface area contributed by atoms with E-state index in [4.69, 9.17) is 18.9 Å². The molecule has 0 N–H and O–H groups in total. The van der Waals surface area contributed by atoms with Gasteiger partial charge in [-0.1, -0.05) is 69.1 Å². The summed E-state index contributed by atoms with van der Waals surface area (Å²) in [5, 5.41) is 0. The van der Waals surface area contributed by atoms with Gasteiger partial charge in [0.05, 0.1) is 33.0 Å². The molecule has 2 aromatic carbocycles. The Balaban J connectivity index is 1.39. The summed E-state index contributed by atoms with van der Waals surface area (Å²) in [6.07, 6.45) is 16.5. The number of pyridine rings is 1. The Kier molecular flexibility index (Phi) is 14.5. The highest BCUT2D eigenvalue weighted by molar-refractivity contribution is 5.86. The number of rotatable bonds is 17. The summed E-state index contributed by atoms with van der Waals surface area (Å²) in [7, 11) is 3.30. The van der Waals surface area contributed by atoms with Gasteiger partial charge in [0.15, 0.2) is 0 Å². The van der Waals surface area contributed by atoms with Crippen LogP contribution in [0.15, 0.2) is 73.1 Å². The zero-order chi connectivity index (χ0) is 30.7. The van der Waals surface area contributed by atoms with Crippen LogP contribution in [0.2, 0.25) is 0 Å². The number of nitrogens with zero attached hydrogens (tertiary/aromatic N) is 1. The SMILES string of the molecule is C=C(C)C(=O)OCCCCCCCCCCOc1ccc(C#Cc2cc(OC)c(/C=C/c3ccncc3)cc2OC)cc1. The molecule has 0 atom stereocenters. The molecule has 0 radical (unpaired) electrons. The number of carbonyl (C=O) groups is 1. The topological polar surface area (TPSA) is 66.9 Å². The van der Waals surface area contributed by atoms with E-state index >= 15 is 0 Å². The largest absolute Gasteiger partial charge is 0.496 e. The molecule has 0 spiro atoms. The molecule has 6 heteroatoms. The fourth-order valence-corrected chi connectivity index (χ4v) is 4.33. The van der Waals surface area contributed by atoms with Gasteiger partial charge in [-0.3, -0.25) is 4.98 Å². The molecule has 6 nitrogen and oxygen atoms in total. The maximum atomic E-state index is 11.3. The van der Waals surface area contributed by atoms with Crippen LogP contribution in [0.5, 0.6) is 17.2 Å². The van der Waals surface area contributed by atoms with E-state index < -0.39 is 0 Å². The van der Waals surface area contributed by atoms with Gasteiger partial charge in [0, 0.05) is 35.2 Å². The highest BCUT2D eigenvalue weighted by Crippen LogP contribution is 2.30. The van der Waals surface area contributed by atoms with Crippen LogP contribution in [0.4, 0.5) is 0 Å². The molecule has 3 aromatic rings. The Bertz CT molecular complexity index is 1380. The standard InChI is InChI=1S/C37H43NO5/c1-29(2)37(39)43-26-12-10-8-6-5-7-9-11-25-42-34-19-15-30(16-20-34)13-17-32-27-36(41-4)33(28-35(32)40-3)18-14-31-21-23-38-24-22-31/h14-16,18-24,27-28H,1,5-12,25-26H2,2-4H3/b18-14+. The molecule has 0 aliphatic heterocycles. The van der Waals surface area contributed by atoms with E-state index in [2.05, 4.69) is 23.4 Å². The molecule has 1 aromatic heterocycles. The first-order chi connectivity index (χ1) is 21.0. The minimum Gasteiger partial charge on any atom is -0.496 e. The predicted octanol–water partition coefficient (Wildman–Crippen LogP) is 8.29. The van der Waals surface area contributed by atoms with Crippen LogP contribution in [0, 0.1) is 11.8 Å². The molecular weight excluding hydrogens is 538 g/mol. The molecule has 0 bridgehead atoms. The molecule has 0 unspecified atom stereocenters. The lowest BCUT2D eigenvalue weighted by Crippen LogP contribution is -2.05. The van der Waals surface area contributed by atoms with E-state index in [1.54, 1.807) is 33.5 Å². The first kappa shape index (κ1) is 33.0.